The fourth-order valence-electron chi connectivity index (χ4n) is 1.27. The number of alkyl halides is 2. The molecule has 5 heteroatoms. The van der Waals surface area contributed by atoms with E-state index in [0.29, 0.717) is 20.3 Å². The third-order valence-electron chi connectivity index (χ3n) is 1.96. The van der Waals surface area contributed by atoms with E-state index in [2.05, 4.69) is 31.9 Å². The average molecular weight is 301 g/mol. The van der Waals surface area contributed by atoms with Crippen molar-refractivity contribution < 1.29 is 4.79 Å². The summed E-state index contributed by atoms with van der Waals surface area (Å²) in [5.41, 5.74) is 0. The van der Waals surface area contributed by atoms with Gasteiger partial charge in [-0.3, -0.25) is 4.79 Å². The number of halogens is 2. The Morgan fingerprint density at radius 2 is 2.27 bits per heavy atom. The van der Waals surface area contributed by atoms with E-state index in [9.17, 15) is 4.79 Å². The van der Waals surface area contributed by atoms with Crippen LogP contribution in [0.25, 0.3) is 0 Å². The van der Waals surface area contributed by atoms with Gasteiger partial charge in [-0.25, -0.2) is 0 Å². The van der Waals surface area contributed by atoms with Crippen molar-refractivity contribution >= 4 is 49.5 Å². The van der Waals surface area contributed by atoms with Crippen LogP contribution in [0.1, 0.15) is 6.42 Å². The summed E-state index contributed by atoms with van der Waals surface area (Å²) < 4.78 is 0.455. The molecule has 0 spiro atoms. The van der Waals surface area contributed by atoms with Crippen molar-refractivity contribution in [1.82, 2.24) is 4.90 Å². The summed E-state index contributed by atoms with van der Waals surface area (Å²) in [6.45, 7) is 0.854. The molecule has 0 bridgehead atoms. The minimum atomic E-state index is 0.298. The number of fused-ring (bicyclic) bond motifs is 1. The molecular weight excluding hydrogens is 294 g/mol. The van der Waals surface area contributed by atoms with E-state index < -0.39 is 0 Å². The molecule has 2 heterocycles. The van der Waals surface area contributed by atoms with Crippen LogP contribution < -0.4 is 0 Å². The van der Waals surface area contributed by atoms with E-state index in [0.717, 1.165) is 13.0 Å². The van der Waals surface area contributed by atoms with Gasteiger partial charge in [-0.15, -0.1) is 11.8 Å². The third kappa shape index (κ3) is 1.35. The molecule has 62 valence electrons. The Balaban J connectivity index is 2.03. The molecule has 2 aliphatic rings. The van der Waals surface area contributed by atoms with Crippen molar-refractivity contribution in [3.05, 3.63) is 0 Å². The van der Waals surface area contributed by atoms with Gasteiger partial charge in [0.25, 0.3) is 0 Å². The quantitative estimate of drug-likeness (QED) is 0.502. The molecule has 0 aromatic rings. The molecule has 2 fully saturated rings. The SMILES string of the molecule is O=C1C[C@H]2SC(Br)C(Br)CN12. The van der Waals surface area contributed by atoms with Crippen LogP contribution in [0.15, 0.2) is 0 Å². The van der Waals surface area contributed by atoms with Gasteiger partial charge in [-0.1, -0.05) is 31.9 Å². The highest BCUT2D eigenvalue weighted by Gasteiger charge is 2.43. The van der Waals surface area contributed by atoms with Crippen molar-refractivity contribution in [3.8, 4) is 0 Å². The second-order valence-corrected chi connectivity index (χ2v) is 6.80. The first-order valence-corrected chi connectivity index (χ1v) is 6.19. The smallest absolute Gasteiger partial charge is 0.226 e. The third-order valence-corrected chi connectivity index (χ3v) is 6.45. The molecule has 2 unspecified atom stereocenters. The van der Waals surface area contributed by atoms with Gasteiger partial charge >= 0.3 is 0 Å². The fourth-order valence-corrected chi connectivity index (χ4v) is 4.02. The molecule has 2 nitrogen and oxygen atoms in total. The molecule has 0 saturated carbocycles. The van der Waals surface area contributed by atoms with Crippen molar-refractivity contribution in [2.45, 2.75) is 20.8 Å². The molecule has 3 atom stereocenters. The van der Waals surface area contributed by atoms with E-state index in [1.807, 2.05) is 16.7 Å². The van der Waals surface area contributed by atoms with Crippen LogP contribution in [0.4, 0.5) is 0 Å². The Labute approximate surface area is 86.3 Å². The van der Waals surface area contributed by atoms with Gasteiger partial charge in [0, 0.05) is 6.54 Å². The predicted octanol–water partition coefficient (Wildman–Crippen LogP) is 1.78. The Hall–Kier alpha value is 0.780. The average Bonchev–Trinajstić information content (AvgIpc) is 1.97. The molecule has 0 aromatic heterocycles. The lowest BCUT2D eigenvalue weighted by molar-refractivity contribution is -0.141. The molecule has 0 aromatic carbocycles. The molecule has 11 heavy (non-hydrogen) atoms. The van der Waals surface area contributed by atoms with E-state index in [-0.39, 0.29) is 0 Å². The first-order chi connectivity index (χ1) is 5.18. The number of rotatable bonds is 0. The Bertz CT molecular complexity index is 201. The van der Waals surface area contributed by atoms with Crippen LogP contribution >= 0.6 is 43.6 Å². The maximum atomic E-state index is 11.0. The van der Waals surface area contributed by atoms with E-state index in [4.69, 9.17) is 0 Å². The van der Waals surface area contributed by atoms with Gasteiger partial charge in [0.1, 0.15) is 0 Å². The predicted molar refractivity (Wildman–Crippen MR) is 53.1 cm³/mol. The van der Waals surface area contributed by atoms with Gasteiger partial charge in [-0.05, 0) is 0 Å². The first kappa shape index (κ1) is 8.38. The summed E-state index contributed by atoms with van der Waals surface area (Å²) in [5.74, 6) is 0.298. The summed E-state index contributed by atoms with van der Waals surface area (Å²) in [6.07, 6.45) is 0.729. The summed E-state index contributed by atoms with van der Waals surface area (Å²) in [5, 5.41) is 0.445. The zero-order chi connectivity index (χ0) is 8.01. The second kappa shape index (κ2) is 2.92. The monoisotopic (exact) mass is 299 g/mol. The van der Waals surface area contributed by atoms with Crippen molar-refractivity contribution in [1.29, 1.82) is 0 Å². The standard InChI is InChI=1S/C6H7Br2NOS/c7-3-2-9-4(10)1-5(9)11-6(3)8/h3,5-6H,1-2H2/t3?,5-,6?/m1/s1. The Morgan fingerprint density at radius 3 is 2.91 bits per heavy atom. The number of thioether (sulfide) groups is 1. The molecule has 2 aliphatic heterocycles. The number of hydrogen-bond acceptors (Lipinski definition) is 2. The molecule has 1 amide bonds. The van der Waals surface area contributed by atoms with Gasteiger partial charge in [0.05, 0.1) is 20.8 Å². The van der Waals surface area contributed by atoms with Crippen molar-refractivity contribution in [3.63, 3.8) is 0 Å². The van der Waals surface area contributed by atoms with E-state index in [1.54, 1.807) is 0 Å². The lowest BCUT2D eigenvalue weighted by atomic mass is 10.2. The number of nitrogens with zero attached hydrogens (tertiary/aromatic N) is 1. The maximum absolute atomic E-state index is 11.0. The van der Waals surface area contributed by atoms with Crippen LogP contribution in [0, 0.1) is 0 Å². The molecule has 2 rings (SSSR count). The van der Waals surface area contributed by atoms with Gasteiger partial charge in [0.2, 0.25) is 5.91 Å². The largest absolute Gasteiger partial charge is 0.329 e. The van der Waals surface area contributed by atoms with Crippen molar-refractivity contribution in [2.24, 2.45) is 0 Å². The van der Waals surface area contributed by atoms with Gasteiger partial charge in [-0.2, -0.15) is 0 Å². The van der Waals surface area contributed by atoms with E-state index >= 15 is 0 Å². The first-order valence-electron chi connectivity index (χ1n) is 3.41. The van der Waals surface area contributed by atoms with Crippen LogP contribution in [0.2, 0.25) is 0 Å². The summed E-state index contributed by atoms with van der Waals surface area (Å²) in [4.78, 5) is 13.3. The molecule has 0 radical (unpaired) electrons. The highest BCUT2D eigenvalue weighted by molar-refractivity contribution is 9.13. The minimum absolute atomic E-state index is 0.298. The highest BCUT2D eigenvalue weighted by atomic mass is 79.9. The Kier molecular flexibility index (Phi) is 2.23. The number of carbonyl (C=O) groups excluding carboxylic acids is 1. The Morgan fingerprint density at radius 1 is 1.55 bits per heavy atom. The molecule has 0 N–H and O–H groups in total. The summed E-state index contributed by atoms with van der Waals surface area (Å²) in [6, 6.07) is 0. The van der Waals surface area contributed by atoms with Crippen molar-refractivity contribution in [2.75, 3.05) is 6.54 Å². The maximum Gasteiger partial charge on any atom is 0.226 e. The number of β-lactam (4-membered cyclic amide) rings is 1. The van der Waals surface area contributed by atoms with Gasteiger partial charge in [0.15, 0.2) is 0 Å². The zero-order valence-corrected chi connectivity index (χ0v) is 9.65. The lowest BCUT2D eigenvalue weighted by Gasteiger charge is -2.46. The fraction of sp³-hybridized carbons (Fsp3) is 0.833. The highest BCUT2D eigenvalue weighted by Crippen LogP contribution is 2.42. The normalized spacial score (nSPS) is 43.3. The van der Waals surface area contributed by atoms with Crippen LogP contribution in [0.3, 0.4) is 0 Å². The summed E-state index contributed by atoms with van der Waals surface area (Å²) in [7, 11) is 0. The topological polar surface area (TPSA) is 20.3 Å². The number of amides is 1. The van der Waals surface area contributed by atoms with Crippen LogP contribution in [-0.4, -0.2) is 31.7 Å². The number of hydrogen-bond donors (Lipinski definition) is 0. The minimum Gasteiger partial charge on any atom is -0.329 e. The van der Waals surface area contributed by atoms with Gasteiger partial charge < -0.3 is 4.90 Å². The van der Waals surface area contributed by atoms with Crippen LogP contribution in [0.5, 0.6) is 0 Å². The molecular formula is C6H7Br2NOS. The summed E-state index contributed by atoms with van der Waals surface area (Å²) >= 11 is 8.90. The van der Waals surface area contributed by atoms with Crippen LogP contribution in [-0.2, 0) is 4.79 Å². The lowest BCUT2D eigenvalue weighted by Crippen LogP contribution is -2.57. The zero-order valence-electron chi connectivity index (χ0n) is 5.67. The molecule has 0 aliphatic carbocycles. The second-order valence-electron chi connectivity index (χ2n) is 2.71. The van der Waals surface area contributed by atoms with E-state index in [1.165, 1.54) is 0 Å². The number of carbonyl (C=O) groups is 1. The molecule has 2 saturated heterocycles.